The van der Waals surface area contributed by atoms with Crippen LogP contribution in [0.5, 0.6) is 0 Å². The number of nitrogens with zero attached hydrogens (tertiary/aromatic N) is 2. The molecule has 10 heteroatoms. The fourth-order valence-corrected chi connectivity index (χ4v) is 6.25. The van der Waals surface area contributed by atoms with E-state index in [0.29, 0.717) is 41.9 Å². The summed E-state index contributed by atoms with van der Waals surface area (Å²) in [5, 5.41) is 17.2. The maximum atomic E-state index is 13.7. The smallest absolute Gasteiger partial charge is 0.246 e. The Morgan fingerprint density at radius 2 is 1.77 bits per heavy atom. The second-order valence-corrected chi connectivity index (χ2v) is 12.6. The SMILES string of the molecule is Cc1cc(NC(=O)[C@H](CCN)NC(=O)[C@@H]2Cc3ccccc3CN2C(=O)CCC(O)N2CCC(C(C)C)CC2)ccc1Cl. The Morgan fingerprint density at radius 1 is 1.07 bits per heavy atom. The summed E-state index contributed by atoms with van der Waals surface area (Å²) in [5.41, 5.74) is 9.18. The van der Waals surface area contributed by atoms with Gasteiger partial charge < -0.3 is 26.4 Å². The highest BCUT2D eigenvalue weighted by Crippen LogP contribution is 2.28. The first kappa shape index (κ1) is 32.9. The number of aliphatic hydroxyl groups is 1. The molecule has 0 radical (unpaired) electrons. The predicted octanol–water partition coefficient (Wildman–Crippen LogP) is 3.84. The molecular weight excluding hydrogens is 566 g/mol. The highest BCUT2D eigenvalue weighted by molar-refractivity contribution is 6.31. The Morgan fingerprint density at radius 3 is 2.42 bits per heavy atom. The molecule has 3 atom stereocenters. The van der Waals surface area contributed by atoms with Gasteiger partial charge in [-0.25, -0.2) is 0 Å². The van der Waals surface area contributed by atoms with E-state index in [9.17, 15) is 19.5 Å². The van der Waals surface area contributed by atoms with E-state index in [-0.39, 0.29) is 31.2 Å². The summed E-state index contributed by atoms with van der Waals surface area (Å²) >= 11 is 6.12. The zero-order valence-electron chi connectivity index (χ0n) is 25.5. The normalized spacial score (nSPS) is 19.0. The average molecular weight is 612 g/mol. The molecule has 2 aromatic rings. The molecular formula is C33H46ClN5O4. The lowest BCUT2D eigenvalue weighted by molar-refractivity contribution is -0.143. The quantitative estimate of drug-likeness (QED) is 0.306. The van der Waals surface area contributed by atoms with Gasteiger partial charge in [0.1, 0.15) is 18.3 Å². The van der Waals surface area contributed by atoms with Crippen LogP contribution in [-0.2, 0) is 27.3 Å². The molecule has 0 saturated carbocycles. The van der Waals surface area contributed by atoms with Gasteiger partial charge in [-0.3, -0.25) is 19.3 Å². The van der Waals surface area contributed by atoms with Gasteiger partial charge in [-0.15, -0.1) is 0 Å². The Labute approximate surface area is 260 Å². The molecule has 0 spiro atoms. The van der Waals surface area contributed by atoms with Crippen molar-refractivity contribution < 1.29 is 19.5 Å². The lowest BCUT2D eigenvalue weighted by Gasteiger charge is -2.38. The first-order valence-electron chi connectivity index (χ1n) is 15.4. The number of aliphatic hydroxyl groups excluding tert-OH is 1. The van der Waals surface area contributed by atoms with E-state index < -0.39 is 24.2 Å². The number of hydrogen-bond acceptors (Lipinski definition) is 6. The van der Waals surface area contributed by atoms with Crippen LogP contribution in [0.1, 0.15) is 62.6 Å². The summed E-state index contributed by atoms with van der Waals surface area (Å²) in [6, 6.07) is 11.3. The summed E-state index contributed by atoms with van der Waals surface area (Å²) in [4.78, 5) is 44.2. The van der Waals surface area contributed by atoms with Crippen molar-refractivity contribution >= 4 is 35.0 Å². The topological polar surface area (TPSA) is 128 Å². The first-order chi connectivity index (χ1) is 20.6. The molecule has 2 aliphatic heterocycles. The highest BCUT2D eigenvalue weighted by Gasteiger charge is 2.36. The number of rotatable bonds is 11. The second-order valence-electron chi connectivity index (χ2n) is 12.2. The highest BCUT2D eigenvalue weighted by atomic mass is 35.5. The van der Waals surface area contributed by atoms with Gasteiger partial charge in [0.2, 0.25) is 17.7 Å². The Bertz CT molecular complexity index is 1280. The first-order valence-corrected chi connectivity index (χ1v) is 15.8. The molecule has 234 valence electrons. The zero-order valence-corrected chi connectivity index (χ0v) is 26.3. The zero-order chi connectivity index (χ0) is 31.1. The van der Waals surface area contributed by atoms with E-state index in [1.165, 1.54) is 0 Å². The van der Waals surface area contributed by atoms with Crippen LogP contribution in [0.25, 0.3) is 0 Å². The van der Waals surface area contributed by atoms with Crippen LogP contribution in [-0.4, -0.2) is 70.6 Å². The summed E-state index contributed by atoms with van der Waals surface area (Å²) in [6.07, 6.45) is 2.39. The number of anilines is 1. The van der Waals surface area contributed by atoms with Gasteiger partial charge >= 0.3 is 0 Å². The number of likely N-dealkylation sites (tertiary alicyclic amines) is 1. The van der Waals surface area contributed by atoms with Crippen molar-refractivity contribution in [2.24, 2.45) is 17.6 Å². The second kappa shape index (κ2) is 15.1. The Kier molecular flexibility index (Phi) is 11.6. The molecule has 43 heavy (non-hydrogen) atoms. The largest absolute Gasteiger partial charge is 0.378 e. The minimum absolute atomic E-state index is 0.125. The van der Waals surface area contributed by atoms with Crippen molar-refractivity contribution in [3.8, 4) is 0 Å². The summed E-state index contributed by atoms with van der Waals surface area (Å²) in [5.74, 6) is 0.308. The number of carbonyl (C=O) groups is 3. The van der Waals surface area contributed by atoms with E-state index in [1.54, 1.807) is 23.1 Å². The van der Waals surface area contributed by atoms with E-state index in [0.717, 1.165) is 42.6 Å². The predicted molar refractivity (Wildman–Crippen MR) is 169 cm³/mol. The minimum Gasteiger partial charge on any atom is -0.378 e. The van der Waals surface area contributed by atoms with Crippen molar-refractivity contribution in [1.29, 1.82) is 0 Å². The molecule has 5 N–H and O–H groups in total. The van der Waals surface area contributed by atoms with Crippen molar-refractivity contribution in [2.45, 2.75) is 84.2 Å². The van der Waals surface area contributed by atoms with Crippen LogP contribution in [0.4, 0.5) is 5.69 Å². The van der Waals surface area contributed by atoms with Crippen LogP contribution in [0.3, 0.4) is 0 Å². The standard InChI is InChI=1S/C33H46ClN5O4/c1-21(2)23-13-16-38(17-14-23)30(40)10-11-31(41)39-20-25-7-5-4-6-24(25)19-29(39)33(43)37-28(12-15-35)32(42)36-26-8-9-27(34)22(3)18-26/h4-9,18,21,23,28-30,40H,10-17,19-20,35H2,1-3H3,(H,36,42)(H,37,43)/t28-,29-,30?/m0/s1. The van der Waals surface area contributed by atoms with Gasteiger partial charge in [0, 0.05) is 43.2 Å². The van der Waals surface area contributed by atoms with E-state index in [4.69, 9.17) is 17.3 Å². The number of fused-ring (bicyclic) bond motifs is 1. The number of carbonyl (C=O) groups excluding carboxylic acids is 3. The number of piperidine rings is 1. The monoisotopic (exact) mass is 611 g/mol. The number of nitrogens with two attached hydrogens (primary N) is 1. The number of halogens is 1. The molecule has 9 nitrogen and oxygen atoms in total. The van der Waals surface area contributed by atoms with Gasteiger partial charge in [-0.1, -0.05) is 49.7 Å². The van der Waals surface area contributed by atoms with Crippen molar-refractivity contribution in [1.82, 2.24) is 15.1 Å². The van der Waals surface area contributed by atoms with Crippen LogP contribution in [0.2, 0.25) is 5.02 Å². The Hall–Kier alpha value is -2.98. The molecule has 0 aromatic heterocycles. The number of amides is 3. The summed E-state index contributed by atoms with van der Waals surface area (Å²) < 4.78 is 0. The van der Waals surface area contributed by atoms with Gasteiger partial charge in [-0.05, 0) is 85.9 Å². The van der Waals surface area contributed by atoms with Crippen molar-refractivity contribution in [3.05, 3.63) is 64.2 Å². The summed E-state index contributed by atoms with van der Waals surface area (Å²) in [6.45, 7) is 8.45. The number of benzene rings is 2. The van der Waals surface area contributed by atoms with Crippen LogP contribution in [0, 0.1) is 18.8 Å². The molecule has 0 aliphatic carbocycles. The molecule has 2 heterocycles. The van der Waals surface area contributed by atoms with Crippen LogP contribution in [0.15, 0.2) is 42.5 Å². The number of aryl methyl sites for hydroxylation is 1. The summed E-state index contributed by atoms with van der Waals surface area (Å²) in [7, 11) is 0. The molecule has 0 bridgehead atoms. The fourth-order valence-electron chi connectivity index (χ4n) is 6.14. The lowest BCUT2D eigenvalue weighted by atomic mass is 9.86. The molecule has 2 aliphatic rings. The number of hydrogen-bond donors (Lipinski definition) is 4. The number of nitrogens with one attached hydrogen (secondary N) is 2. The van der Waals surface area contributed by atoms with E-state index in [2.05, 4.69) is 29.4 Å². The van der Waals surface area contributed by atoms with E-state index >= 15 is 0 Å². The third kappa shape index (κ3) is 8.56. The molecule has 2 aromatic carbocycles. The minimum atomic E-state index is -0.877. The van der Waals surface area contributed by atoms with Crippen LogP contribution < -0.4 is 16.4 Å². The molecule has 3 amide bonds. The fraction of sp³-hybridized carbons (Fsp3) is 0.545. The van der Waals surface area contributed by atoms with Gasteiger partial charge in [0.15, 0.2) is 0 Å². The van der Waals surface area contributed by atoms with Gasteiger partial charge in [-0.2, -0.15) is 0 Å². The van der Waals surface area contributed by atoms with Gasteiger partial charge in [0.05, 0.1) is 0 Å². The third-order valence-electron chi connectivity index (χ3n) is 8.94. The Balaban J connectivity index is 1.43. The van der Waals surface area contributed by atoms with Crippen LogP contribution >= 0.6 is 11.6 Å². The average Bonchev–Trinajstić information content (AvgIpc) is 3.00. The van der Waals surface area contributed by atoms with E-state index in [1.807, 2.05) is 31.2 Å². The maximum absolute atomic E-state index is 13.7. The van der Waals surface area contributed by atoms with Gasteiger partial charge in [0.25, 0.3) is 0 Å². The van der Waals surface area contributed by atoms with Crippen molar-refractivity contribution in [2.75, 3.05) is 25.0 Å². The van der Waals surface area contributed by atoms with Crippen molar-refractivity contribution in [3.63, 3.8) is 0 Å². The molecule has 1 saturated heterocycles. The molecule has 4 rings (SSSR count). The molecule has 1 unspecified atom stereocenters. The maximum Gasteiger partial charge on any atom is 0.246 e. The molecule has 1 fully saturated rings. The third-order valence-corrected chi connectivity index (χ3v) is 9.36. The lowest BCUT2D eigenvalue weighted by Crippen LogP contribution is -2.56.